The second-order valence-corrected chi connectivity index (χ2v) is 4.43. The van der Waals surface area contributed by atoms with Crippen molar-refractivity contribution in [3.8, 4) is 0 Å². The molecule has 2 heterocycles. The molecule has 2 rings (SSSR count). The van der Waals surface area contributed by atoms with Crippen LogP contribution in [-0.2, 0) is 4.74 Å². The highest BCUT2D eigenvalue weighted by Crippen LogP contribution is 2.43. The summed E-state index contributed by atoms with van der Waals surface area (Å²) in [6, 6.07) is 0.983. The molecule has 9 heteroatoms. The van der Waals surface area contributed by atoms with Gasteiger partial charge in [-0.05, 0) is 0 Å². The lowest BCUT2D eigenvalue weighted by molar-refractivity contribution is -0.0518. The monoisotopic (exact) mass is 280 g/mol. The molecule has 1 aliphatic heterocycles. The predicted octanol–water partition coefficient (Wildman–Crippen LogP) is -1.31. The number of nitrogens with zero attached hydrogens (tertiary/aromatic N) is 1. The molecule has 0 aliphatic carbocycles. The number of rotatable bonds is 2. The number of alkyl halides is 2. The Morgan fingerprint density at radius 2 is 2.28 bits per heavy atom. The molecule has 7 nitrogen and oxygen atoms in total. The van der Waals surface area contributed by atoms with Crippen LogP contribution in [-0.4, -0.2) is 43.7 Å². The van der Waals surface area contributed by atoms with Crippen LogP contribution < -0.4 is 11.2 Å². The van der Waals surface area contributed by atoms with Crippen LogP contribution in [0.5, 0.6) is 0 Å². The molecule has 0 radical (unpaired) electrons. The van der Waals surface area contributed by atoms with Gasteiger partial charge in [-0.25, -0.2) is 9.18 Å². The predicted molar refractivity (Wildman–Crippen MR) is 58.0 cm³/mol. The fourth-order valence-corrected chi connectivity index (χ4v) is 2.03. The molecule has 1 aromatic rings. The topological polar surface area (TPSA) is 105 Å². The molecule has 1 saturated heterocycles. The van der Waals surface area contributed by atoms with Gasteiger partial charge in [-0.2, -0.15) is 0 Å². The Kier molecular flexibility index (Phi) is 3.28. The standard InChI is InChI=1S/C9H10ClFN2O5/c10-9(11)6(16)4(3-14)18-7(9)13-2-1-5(15)12-8(13)17/h1-2,4,6-7,14,16H,3H2,(H,12,15,17). The lowest BCUT2D eigenvalue weighted by Crippen LogP contribution is -2.41. The number of hydrogen-bond acceptors (Lipinski definition) is 5. The average Bonchev–Trinajstić information content (AvgIpc) is 2.52. The molecule has 100 valence electrons. The quantitative estimate of drug-likeness (QED) is 0.584. The van der Waals surface area contributed by atoms with E-state index in [0.29, 0.717) is 4.57 Å². The van der Waals surface area contributed by atoms with E-state index in [-0.39, 0.29) is 0 Å². The zero-order valence-corrected chi connectivity index (χ0v) is 9.67. The summed E-state index contributed by atoms with van der Waals surface area (Å²) in [5, 5.41) is 15.6. The largest absolute Gasteiger partial charge is 0.394 e. The fourth-order valence-electron chi connectivity index (χ4n) is 1.73. The molecule has 4 unspecified atom stereocenters. The summed E-state index contributed by atoms with van der Waals surface area (Å²) in [6.07, 6.45) is -3.70. The van der Waals surface area contributed by atoms with E-state index in [0.717, 1.165) is 12.3 Å². The molecule has 1 fully saturated rings. The van der Waals surface area contributed by atoms with Crippen LogP contribution in [0.15, 0.2) is 21.9 Å². The number of aliphatic hydroxyl groups excluding tert-OH is 2. The van der Waals surface area contributed by atoms with Gasteiger partial charge in [0.25, 0.3) is 10.7 Å². The Morgan fingerprint density at radius 3 is 2.78 bits per heavy atom. The summed E-state index contributed by atoms with van der Waals surface area (Å²) < 4.78 is 19.8. The van der Waals surface area contributed by atoms with Gasteiger partial charge in [0.05, 0.1) is 6.61 Å². The van der Waals surface area contributed by atoms with Crippen LogP contribution in [0.2, 0.25) is 0 Å². The van der Waals surface area contributed by atoms with Gasteiger partial charge in [0, 0.05) is 12.3 Å². The summed E-state index contributed by atoms with van der Waals surface area (Å²) in [5.41, 5.74) is -1.59. The van der Waals surface area contributed by atoms with E-state index < -0.39 is 41.4 Å². The number of aliphatic hydroxyl groups is 2. The molecule has 18 heavy (non-hydrogen) atoms. The maximum atomic E-state index is 14.1. The number of halogens is 2. The van der Waals surface area contributed by atoms with Gasteiger partial charge in [-0.1, -0.05) is 11.6 Å². The van der Waals surface area contributed by atoms with Crippen molar-refractivity contribution in [2.45, 2.75) is 23.6 Å². The van der Waals surface area contributed by atoms with E-state index in [2.05, 4.69) is 0 Å². The third kappa shape index (κ3) is 1.97. The average molecular weight is 281 g/mol. The van der Waals surface area contributed by atoms with Gasteiger partial charge in [-0.3, -0.25) is 14.3 Å². The van der Waals surface area contributed by atoms with Crippen molar-refractivity contribution >= 4 is 11.6 Å². The molecule has 1 aliphatic rings. The number of H-pyrrole nitrogens is 1. The lowest BCUT2D eigenvalue weighted by atomic mass is 10.1. The summed E-state index contributed by atoms with van der Waals surface area (Å²) in [6.45, 7) is -0.659. The highest BCUT2D eigenvalue weighted by Gasteiger charge is 2.57. The first-order valence-corrected chi connectivity index (χ1v) is 5.39. The minimum Gasteiger partial charge on any atom is -0.394 e. The van der Waals surface area contributed by atoms with Gasteiger partial charge in [0.1, 0.15) is 12.2 Å². The molecule has 3 N–H and O–H groups in total. The Hall–Kier alpha value is -1.22. The van der Waals surface area contributed by atoms with Crippen LogP contribution >= 0.6 is 11.6 Å². The van der Waals surface area contributed by atoms with Gasteiger partial charge < -0.3 is 14.9 Å². The number of hydrogen-bond donors (Lipinski definition) is 3. The van der Waals surface area contributed by atoms with Crippen molar-refractivity contribution in [3.63, 3.8) is 0 Å². The first kappa shape index (κ1) is 13.2. The molecule has 0 spiro atoms. The molecule has 0 aromatic carbocycles. The molecular formula is C9H10ClFN2O5. The first-order chi connectivity index (χ1) is 8.37. The second-order valence-electron chi connectivity index (χ2n) is 3.85. The number of nitrogens with one attached hydrogen (secondary N) is 1. The van der Waals surface area contributed by atoms with Crippen molar-refractivity contribution in [1.29, 1.82) is 0 Å². The van der Waals surface area contributed by atoms with E-state index >= 15 is 0 Å². The Bertz CT molecular complexity index is 556. The van der Waals surface area contributed by atoms with Gasteiger partial charge in [0.2, 0.25) is 0 Å². The summed E-state index contributed by atoms with van der Waals surface area (Å²) in [5.74, 6) is 0. The Labute approximate surface area is 104 Å². The first-order valence-electron chi connectivity index (χ1n) is 5.01. The van der Waals surface area contributed by atoms with Crippen LogP contribution in [0.3, 0.4) is 0 Å². The fraction of sp³-hybridized carbons (Fsp3) is 0.556. The SMILES string of the molecule is O=c1ccn(C2OC(CO)C(O)C2(F)Cl)c(=O)[nH]1. The summed E-state index contributed by atoms with van der Waals surface area (Å²) in [4.78, 5) is 24.3. The van der Waals surface area contributed by atoms with Crippen molar-refractivity contribution in [2.75, 3.05) is 6.61 Å². The van der Waals surface area contributed by atoms with E-state index in [9.17, 15) is 19.1 Å². The van der Waals surface area contributed by atoms with Crippen molar-refractivity contribution in [3.05, 3.63) is 33.1 Å². The minimum atomic E-state index is -2.78. The molecule has 0 saturated carbocycles. The van der Waals surface area contributed by atoms with Gasteiger partial charge in [-0.15, -0.1) is 0 Å². The highest BCUT2D eigenvalue weighted by atomic mass is 35.5. The van der Waals surface area contributed by atoms with Crippen molar-refractivity contribution < 1.29 is 19.3 Å². The third-order valence-corrected chi connectivity index (χ3v) is 3.07. The third-order valence-electron chi connectivity index (χ3n) is 2.66. The van der Waals surface area contributed by atoms with Crippen LogP contribution in [0.25, 0.3) is 0 Å². The molecule has 4 atom stereocenters. The minimum absolute atomic E-state index is 0.659. The molecule has 0 amide bonds. The highest BCUT2D eigenvalue weighted by molar-refractivity contribution is 6.23. The summed E-state index contributed by atoms with van der Waals surface area (Å²) >= 11 is 5.50. The smallest absolute Gasteiger partial charge is 0.330 e. The zero-order chi connectivity index (χ0) is 13.5. The second kappa shape index (κ2) is 4.47. The molecule has 0 bridgehead atoms. The Balaban J connectivity index is 2.45. The van der Waals surface area contributed by atoms with E-state index in [4.69, 9.17) is 21.4 Å². The molecular weight excluding hydrogens is 271 g/mol. The number of aromatic nitrogens is 2. The lowest BCUT2D eigenvalue weighted by Gasteiger charge is -2.22. The number of aromatic amines is 1. The Morgan fingerprint density at radius 1 is 1.61 bits per heavy atom. The van der Waals surface area contributed by atoms with Crippen molar-refractivity contribution in [1.82, 2.24) is 9.55 Å². The number of ether oxygens (including phenoxy) is 1. The van der Waals surface area contributed by atoms with E-state index in [1.165, 1.54) is 0 Å². The molecule has 1 aromatic heterocycles. The maximum Gasteiger partial charge on any atom is 0.330 e. The van der Waals surface area contributed by atoms with E-state index in [1.54, 1.807) is 0 Å². The van der Waals surface area contributed by atoms with Gasteiger partial charge in [0.15, 0.2) is 6.23 Å². The van der Waals surface area contributed by atoms with E-state index in [1.807, 2.05) is 4.98 Å². The van der Waals surface area contributed by atoms with Crippen LogP contribution in [0.1, 0.15) is 6.23 Å². The van der Waals surface area contributed by atoms with Crippen molar-refractivity contribution in [2.24, 2.45) is 0 Å². The van der Waals surface area contributed by atoms with Gasteiger partial charge >= 0.3 is 5.69 Å². The van der Waals surface area contributed by atoms with Crippen LogP contribution in [0, 0.1) is 0 Å². The normalized spacial score (nSPS) is 35.9. The zero-order valence-electron chi connectivity index (χ0n) is 8.92. The van der Waals surface area contributed by atoms with Crippen LogP contribution in [0.4, 0.5) is 4.39 Å². The summed E-state index contributed by atoms with van der Waals surface area (Å²) in [7, 11) is 0. The maximum absolute atomic E-state index is 14.1.